The van der Waals surface area contributed by atoms with E-state index in [1.54, 1.807) is 0 Å². The van der Waals surface area contributed by atoms with Gasteiger partial charge in [-0.25, -0.2) is 9.55 Å². The van der Waals surface area contributed by atoms with Crippen molar-refractivity contribution in [2.45, 2.75) is 52.8 Å². The molecular formula is C27H31N4+. The second-order valence-electron chi connectivity index (χ2n) is 8.92. The van der Waals surface area contributed by atoms with Gasteiger partial charge in [0.2, 0.25) is 0 Å². The molecule has 4 heteroatoms. The Hall–Kier alpha value is -3.14. The van der Waals surface area contributed by atoms with Crippen LogP contribution in [0.2, 0.25) is 0 Å². The highest BCUT2D eigenvalue weighted by molar-refractivity contribution is 5.93. The number of aromatic nitrogens is 4. The minimum Gasteiger partial charge on any atom is -0.303 e. The fourth-order valence-corrected chi connectivity index (χ4v) is 4.73. The van der Waals surface area contributed by atoms with E-state index in [-0.39, 0.29) is 0 Å². The van der Waals surface area contributed by atoms with Gasteiger partial charge in [-0.05, 0) is 30.3 Å². The molecule has 0 saturated heterocycles. The van der Waals surface area contributed by atoms with Gasteiger partial charge in [-0.2, -0.15) is 4.57 Å². The van der Waals surface area contributed by atoms with Crippen LogP contribution in [0.25, 0.3) is 34.3 Å². The Morgan fingerprint density at radius 2 is 1.77 bits per heavy atom. The Labute approximate surface area is 187 Å². The number of hydrogen-bond donors (Lipinski definition) is 0. The van der Waals surface area contributed by atoms with Crippen LogP contribution in [0.3, 0.4) is 0 Å². The third kappa shape index (κ3) is 2.96. The second kappa shape index (κ2) is 7.23. The van der Waals surface area contributed by atoms with Crippen LogP contribution < -0.4 is 4.57 Å². The zero-order valence-corrected chi connectivity index (χ0v) is 19.2. The zero-order valence-electron chi connectivity index (χ0n) is 21.2. The molecule has 0 spiro atoms. The van der Waals surface area contributed by atoms with E-state index < -0.39 is 11.8 Å². The van der Waals surface area contributed by atoms with Crippen LogP contribution in [0.4, 0.5) is 0 Å². The third-order valence-corrected chi connectivity index (χ3v) is 6.28. The summed E-state index contributed by atoms with van der Waals surface area (Å²) in [4.78, 5) is 5.03. The molecule has 2 aromatic carbocycles. The Morgan fingerprint density at radius 1 is 1.06 bits per heavy atom. The van der Waals surface area contributed by atoms with Gasteiger partial charge in [0.1, 0.15) is 29.4 Å². The molecule has 0 bridgehead atoms. The standard InChI is InChI=1S/C27H31N4/c1-17(2)20-9-7-10-21(18(3)4)26(20)31-16-15-29(6)27(31)24-19(5)12-13-22-25(24)28-23-11-8-14-30(22)23/h7-10,12-18H,11H2,1-6H3/q+1/i17D,18D. The molecule has 0 radical (unpaired) electrons. The lowest BCUT2D eigenvalue weighted by molar-refractivity contribution is -0.659. The summed E-state index contributed by atoms with van der Waals surface area (Å²) in [5, 5.41) is 0. The summed E-state index contributed by atoms with van der Waals surface area (Å²) in [7, 11) is 2.05. The molecule has 0 unspecified atom stereocenters. The fraction of sp³-hybridized carbons (Fsp3) is 0.333. The summed E-state index contributed by atoms with van der Waals surface area (Å²) in [5.41, 5.74) is 7.03. The SMILES string of the molecule is [2H]C(C)(C)c1cccc(C([2H])(C)C)c1-n1cc[n+](C)c1-c1c(C)ccc2c1nc1n2C=CC1. The number of allylic oxidation sites excluding steroid dienone is 1. The predicted molar refractivity (Wildman–Crippen MR) is 128 cm³/mol. The lowest BCUT2D eigenvalue weighted by atomic mass is 9.92. The molecule has 0 atom stereocenters. The van der Waals surface area contributed by atoms with Gasteiger partial charge >= 0.3 is 0 Å². The molecule has 5 rings (SSSR count). The van der Waals surface area contributed by atoms with Gasteiger partial charge in [-0.3, -0.25) is 0 Å². The molecule has 0 saturated carbocycles. The minimum absolute atomic E-state index is 0.821. The second-order valence-corrected chi connectivity index (χ2v) is 8.92. The molecule has 2 aromatic heterocycles. The number of fused-ring (bicyclic) bond motifs is 3. The molecular weight excluding hydrogens is 380 g/mol. The average Bonchev–Trinajstić information content (AvgIpc) is 3.41. The lowest BCUT2D eigenvalue weighted by Crippen LogP contribution is -2.29. The van der Waals surface area contributed by atoms with Crippen LogP contribution >= 0.6 is 0 Å². The normalized spacial score (nSPS) is 14.8. The van der Waals surface area contributed by atoms with E-state index in [1.807, 2.05) is 59.1 Å². The molecule has 0 aliphatic carbocycles. The van der Waals surface area contributed by atoms with Crippen LogP contribution in [0.5, 0.6) is 0 Å². The highest BCUT2D eigenvalue weighted by Crippen LogP contribution is 2.37. The number of nitrogens with zero attached hydrogens (tertiary/aromatic N) is 4. The van der Waals surface area contributed by atoms with E-state index in [0.717, 1.165) is 57.0 Å². The number of para-hydroxylation sites is 1. The van der Waals surface area contributed by atoms with Crippen LogP contribution in [-0.2, 0) is 13.5 Å². The van der Waals surface area contributed by atoms with Crippen molar-refractivity contribution in [3.63, 3.8) is 0 Å². The number of hydrogen-bond acceptors (Lipinski definition) is 1. The maximum absolute atomic E-state index is 8.88. The Morgan fingerprint density at radius 3 is 2.45 bits per heavy atom. The Kier molecular flexibility index (Phi) is 4.09. The van der Waals surface area contributed by atoms with Crippen molar-refractivity contribution in [2.24, 2.45) is 7.05 Å². The van der Waals surface area contributed by atoms with Gasteiger partial charge in [0.05, 0.1) is 18.1 Å². The molecule has 0 fully saturated rings. The van der Waals surface area contributed by atoms with Crippen LogP contribution in [0.1, 0.15) is 64.7 Å². The first kappa shape index (κ1) is 17.5. The zero-order chi connectivity index (χ0) is 23.7. The summed E-state index contributed by atoms with van der Waals surface area (Å²) in [6.07, 6.45) is 9.18. The molecule has 158 valence electrons. The molecule has 31 heavy (non-hydrogen) atoms. The van der Waals surface area contributed by atoms with E-state index in [9.17, 15) is 0 Å². The van der Waals surface area contributed by atoms with Crippen molar-refractivity contribution in [1.29, 1.82) is 0 Å². The molecule has 1 aliphatic heterocycles. The summed E-state index contributed by atoms with van der Waals surface area (Å²) < 4.78 is 24.2. The van der Waals surface area contributed by atoms with E-state index in [1.165, 1.54) is 0 Å². The Bertz CT molecular complexity index is 1390. The van der Waals surface area contributed by atoms with E-state index >= 15 is 0 Å². The smallest absolute Gasteiger partial charge is 0.296 e. The van der Waals surface area contributed by atoms with Gasteiger partial charge < -0.3 is 4.57 Å². The van der Waals surface area contributed by atoms with Crippen molar-refractivity contribution in [2.75, 3.05) is 0 Å². The third-order valence-electron chi connectivity index (χ3n) is 6.28. The first-order valence-electron chi connectivity index (χ1n) is 11.9. The number of rotatable bonds is 4. The van der Waals surface area contributed by atoms with E-state index in [0.29, 0.717) is 0 Å². The summed E-state index contributed by atoms with van der Waals surface area (Å²) in [5.74, 6) is 0.412. The summed E-state index contributed by atoms with van der Waals surface area (Å²) >= 11 is 0. The van der Waals surface area contributed by atoms with Gasteiger partial charge in [-0.1, -0.05) is 58.0 Å². The highest BCUT2D eigenvalue weighted by atomic mass is 15.2. The largest absolute Gasteiger partial charge is 0.303 e. The maximum atomic E-state index is 8.88. The first-order valence-corrected chi connectivity index (χ1v) is 10.9. The van der Waals surface area contributed by atoms with Gasteiger partial charge in [0.25, 0.3) is 5.82 Å². The van der Waals surface area contributed by atoms with Crippen molar-refractivity contribution < 1.29 is 7.31 Å². The van der Waals surface area contributed by atoms with Gasteiger partial charge in [-0.15, -0.1) is 0 Å². The average molecular weight is 414 g/mol. The summed E-state index contributed by atoms with van der Waals surface area (Å²) in [6, 6.07) is 10.3. The number of benzene rings is 2. The first-order chi connectivity index (χ1) is 15.5. The van der Waals surface area contributed by atoms with Crippen molar-refractivity contribution in [1.82, 2.24) is 14.1 Å². The summed E-state index contributed by atoms with van der Waals surface area (Å²) in [6.45, 7) is 9.77. The predicted octanol–water partition coefficient (Wildman–Crippen LogP) is 5.90. The molecule has 0 N–H and O–H groups in total. The molecule has 3 heterocycles. The number of aryl methyl sites for hydroxylation is 2. The van der Waals surface area contributed by atoms with Gasteiger partial charge in [0, 0.05) is 26.5 Å². The van der Waals surface area contributed by atoms with Crippen molar-refractivity contribution >= 4 is 17.2 Å². The monoisotopic (exact) mass is 413 g/mol. The van der Waals surface area contributed by atoms with Crippen LogP contribution in [-0.4, -0.2) is 14.1 Å². The van der Waals surface area contributed by atoms with Crippen molar-refractivity contribution in [3.05, 3.63) is 71.3 Å². The quantitative estimate of drug-likeness (QED) is 0.383. The molecule has 4 nitrogen and oxygen atoms in total. The van der Waals surface area contributed by atoms with Crippen LogP contribution in [0.15, 0.2) is 48.8 Å². The highest BCUT2D eigenvalue weighted by Gasteiger charge is 2.29. The Balaban J connectivity index is 1.89. The van der Waals surface area contributed by atoms with E-state index in [4.69, 9.17) is 7.73 Å². The maximum Gasteiger partial charge on any atom is 0.296 e. The van der Waals surface area contributed by atoms with Gasteiger partial charge in [0.15, 0.2) is 0 Å². The van der Waals surface area contributed by atoms with Crippen molar-refractivity contribution in [3.8, 4) is 17.1 Å². The minimum atomic E-state index is -0.821. The van der Waals surface area contributed by atoms with Crippen LogP contribution in [0, 0.1) is 6.92 Å². The fourth-order valence-electron chi connectivity index (χ4n) is 4.73. The topological polar surface area (TPSA) is 26.6 Å². The molecule has 4 aromatic rings. The molecule has 1 aliphatic rings. The molecule has 0 amide bonds. The lowest BCUT2D eigenvalue weighted by Gasteiger charge is -2.18. The van der Waals surface area contributed by atoms with E-state index in [2.05, 4.69) is 51.2 Å². The number of imidazole rings is 2.